The molecule has 3 heterocycles. The van der Waals surface area contributed by atoms with E-state index in [0.29, 0.717) is 18.3 Å². The van der Waals surface area contributed by atoms with E-state index in [1.165, 1.54) is 37.7 Å². The van der Waals surface area contributed by atoms with E-state index in [1.54, 1.807) is 6.20 Å². The molecule has 0 aliphatic carbocycles. The van der Waals surface area contributed by atoms with Crippen molar-refractivity contribution >= 4 is 28.6 Å². The minimum atomic E-state index is 0.441. The molecular formula is C19H26N6O. The number of aromatic nitrogens is 1. The van der Waals surface area contributed by atoms with Crippen molar-refractivity contribution in [2.45, 2.75) is 18.8 Å². The van der Waals surface area contributed by atoms with E-state index < -0.39 is 0 Å². The fourth-order valence-corrected chi connectivity index (χ4v) is 3.27. The van der Waals surface area contributed by atoms with Gasteiger partial charge in [0.15, 0.2) is 5.84 Å². The van der Waals surface area contributed by atoms with Crippen LogP contribution in [0.3, 0.4) is 0 Å². The molecule has 4 N–H and O–H groups in total. The number of likely N-dealkylation sites (tertiary alicyclic amines) is 1. The summed E-state index contributed by atoms with van der Waals surface area (Å²) >= 11 is 0. The van der Waals surface area contributed by atoms with Crippen molar-refractivity contribution in [2.75, 3.05) is 39.0 Å². The zero-order valence-corrected chi connectivity index (χ0v) is 15.1. The lowest BCUT2D eigenvalue weighted by Crippen LogP contribution is -2.29. The number of nitrogen functional groups attached to an aromatic ring is 1. The van der Waals surface area contributed by atoms with Crippen molar-refractivity contribution < 1.29 is 5.21 Å². The Hall–Kier alpha value is -2.51. The third-order valence-electron chi connectivity index (χ3n) is 4.83. The molecule has 0 spiro atoms. The highest BCUT2D eigenvalue weighted by molar-refractivity contribution is 6.29. The van der Waals surface area contributed by atoms with Gasteiger partial charge in [0, 0.05) is 17.3 Å². The van der Waals surface area contributed by atoms with Gasteiger partial charge < -0.3 is 10.6 Å². The zero-order valence-electron chi connectivity index (χ0n) is 15.1. The monoisotopic (exact) mass is 354 g/mol. The van der Waals surface area contributed by atoms with Crippen LogP contribution in [0.4, 0.5) is 5.69 Å². The highest BCUT2D eigenvalue weighted by atomic mass is 16.5. The van der Waals surface area contributed by atoms with Crippen molar-refractivity contribution in [2.24, 2.45) is 9.98 Å². The molecule has 2 aliphatic heterocycles. The minimum Gasteiger partial charge on any atom is -0.398 e. The van der Waals surface area contributed by atoms with Crippen LogP contribution < -0.4 is 11.2 Å². The van der Waals surface area contributed by atoms with Gasteiger partial charge in [-0.25, -0.2) is 0 Å². The van der Waals surface area contributed by atoms with Gasteiger partial charge in [0.05, 0.1) is 24.8 Å². The first-order valence-corrected chi connectivity index (χ1v) is 8.94. The summed E-state index contributed by atoms with van der Waals surface area (Å²) < 4.78 is 0. The Labute approximate surface area is 153 Å². The van der Waals surface area contributed by atoms with Crippen molar-refractivity contribution in [3.8, 4) is 0 Å². The summed E-state index contributed by atoms with van der Waals surface area (Å²) in [6.07, 6.45) is 5.75. The molecule has 0 unspecified atom stereocenters. The third-order valence-corrected chi connectivity index (χ3v) is 4.83. The van der Waals surface area contributed by atoms with Gasteiger partial charge in [0.25, 0.3) is 0 Å². The number of benzene rings is 1. The van der Waals surface area contributed by atoms with Gasteiger partial charge in [-0.15, -0.1) is 0 Å². The molecule has 1 aromatic carbocycles. The number of rotatable bonds is 1. The summed E-state index contributed by atoms with van der Waals surface area (Å²) in [6, 6.07) is 8.42. The number of piperidine rings is 1. The highest BCUT2D eigenvalue weighted by Crippen LogP contribution is 2.30. The Balaban J connectivity index is 0.000000206. The van der Waals surface area contributed by atoms with Gasteiger partial charge in [0.1, 0.15) is 0 Å². The first-order valence-electron chi connectivity index (χ1n) is 8.94. The predicted molar refractivity (Wildman–Crippen MR) is 106 cm³/mol. The number of amidine groups is 1. The zero-order chi connectivity index (χ0) is 18.4. The third kappa shape index (κ3) is 4.56. The standard InChI is InChI=1S/C15H19N3.C4H7N3O/c1-18-8-5-11(6-9-18)12-2-3-15-13(10-12)14(16)4-7-17-15;8-7-4-3-5-1-2-6-4/h2-4,7,10-11H,5-6,8-9H2,1H3,(H2,16,17);3,8H,1-2H2,(H,6,7). The van der Waals surface area contributed by atoms with E-state index in [2.05, 4.69) is 45.1 Å². The summed E-state index contributed by atoms with van der Waals surface area (Å²) in [7, 11) is 2.19. The number of nitrogens with two attached hydrogens (primary N) is 1. The van der Waals surface area contributed by atoms with Crippen LogP contribution in [0.5, 0.6) is 0 Å². The number of nitrogens with zero attached hydrogens (tertiary/aromatic N) is 4. The number of pyridine rings is 1. The Morgan fingerprint density at radius 1 is 1.19 bits per heavy atom. The number of hydroxylamine groups is 1. The number of hydrogen-bond donors (Lipinski definition) is 3. The predicted octanol–water partition coefficient (Wildman–Crippen LogP) is 2.07. The van der Waals surface area contributed by atoms with Gasteiger partial charge in [-0.2, -0.15) is 0 Å². The molecule has 7 heteroatoms. The number of aliphatic imine (C=N–C) groups is 2. The molecule has 4 rings (SSSR count). The van der Waals surface area contributed by atoms with Crippen molar-refractivity contribution in [3.63, 3.8) is 0 Å². The van der Waals surface area contributed by atoms with E-state index in [9.17, 15) is 0 Å². The highest BCUT2D eigenvalue weighted by Gasteiger charge is 2.18. The minimum absolute atomic E-state index is 0.441. The van der Waals surface area contributed by atoms with Gasteiger partial charge in [0.2, 0.25) is 0 Å². The average Bonchev–Trinajstić information content (AvgIpc) is 2.70. The normalized spacial score (nSPS) is 18.2. The van der Waals surface area contributed by atoms with Crippen LogP contribution in [0.15, 0.2) is 40.4 Å². The molecule has 1 fully saturated rings. The summed E-state index contributed by atoms with van der Waals surface area (Å²) in [5, 5.41) is 9.31. The lowest BCUT2D eigenvalue weighted by atomic mass is 9.89. The fraction of sp³-hybridized carbons (Fsp3) is 0.421. The Morgan fingerprint density at radius 3 is 2.65 bits per heavy atom. The smallest absolute Gasteiger partial charge is 0.163 e. The van der Waals surface area contributed by atoms with Crippen molar-refractivity contribution in [1.29, 1.82) is 0 Å². The second-order valence-electron chi connectivity index (χ2n) is 6.67. The Bertz CT molecular complexity index is 796. The maximum atomic E-state index is 8.22. The Morgan fingerprint density at radius 2 is 2.00 bits per heavy atom. The Kier molecular flexibility index (Phi) is 6.14. The first kappa shape index (κ1) is 18.3. The number of hydrogen-bond acceptors (Lipinski definition) is 7. The molecule has 26 heavy (non-hydrogen) atoms. The molecule has 2 aliphatic rings. The topological polar surface area (TPSA) is 99.1 Å². The molecular weight excluding hydrogens is 328 g/mol. The molecule has 7 nitrogen and oxygen atoms in total. The van der Waals surface area contributed by atoms with Crippen LogP contribution in [0, 0.1) is 0 Å². The summed E-state index contributed by atoms with van der Waals surface area (Å²) in [4.78, 5) is 14.5. The van der Waals surface area contributed by atoms with E-state index in [1.807, 2.05) is 11.5 Å². The molecule has 1 saturated heterocycles. The summed E-state index contributed by atoms with van der Waals surface area (Å²) in [5.74, 6) is 1.11. The maximum absolute atomic E-state index is 8.22. The van der Waals surface area contributed by atoms with Crippen LogP contribution in [-0.2, 0) is 0 Å². The molecule has 0 bridgehead atoms. The molecule has 1 aromatic heterocycles. The molecule has 0 atom stereocenters. The lowest BCUT2D eigenvalue weighted by Gasteiger charge is -2.29. The molecule has 0 radical (unpaired) electrons. The van der Waals surface area contributed by atoms with Crippen LogP contribution in [0.25, 0.3) is 10.9 Å². The first-order chi connectivity index (χ1) is 12.7. The molecule has 138 valence electrons. The fourth-order valence-electron chi connectivity index (χ4n) is 3.27. The number of fused-ring (bicyclic) bond motifs is 1. The second kappa shape index (κ2) is 8.73. The van der Waals surface area contributed by atoms with Gasteiger partial charge in [-0.3, -0.25) is 25.7 Å². The average molecular weight is 354 g/mol. The maximum Gasteiger partial charge on any atom is 0.163 e. The van der Waals surface area contributed by atoms with Crippen LogP contribution in [0.2, 0.25) is 0 Å². The SMILES string of the molecule is CN1CCC(c2ccc3nccc(N)c3c2)CC1.ONC1=NCCN=C1. The summed E-state index contributed by atoms with van der Waals surface area (Å²) in [6.45, 7) is 3.76. The van der Waals surface area contributed by atoms with Gasteiger partial charge >= 0.3 is 0 Å². The van der Waals surface area contributed by atoms with Gasteiger partial charge in [-0.1, -0.05) is 6.07 Å². The van der Waals surface area contributed by atoms with Crippen LogP contribution in [-0.4, -0.2) is 60.4 Å². The van der Waals surface area contributed by atoms with E-state index >= 15 is 0 Å². The number of anilines is 1. The van der Waals surface area contributed by atoms with Gasteiger partial charge in [-0.05, 0) is 62.7 Å². The number of nitrogens with one attached hydrogen (secondary N) is 1. The van der Waals surface area contributed by atoms with E-state index in [-0.39, 0.29) is 0 Å². The van der Waals surface area contributed by atoms with Crippen LogP contribution in [0.1, 0.15) is 24.3 Å². The quantitative estimate of drug-likeness (QED) is 0.681. The largest absolute Gasteiger partial charge is 0.398 e. The van der Waals surface area contributed by atoms with Crippen molar-refractivity contribution in [3.05, 3.63) is 36.0 Å². The van der Waals surface area contributed by atoms with Crippen LogP contribution >= 0.6 is 0 Å². The summed E-state index contributed by atoms with van der Waals surface area (Å²) in [5.41, 5.74) is 11.2. The molecule has 2 aromatic rings. The lowest BCUT2D eigenvalue weighted by molar-refractivity contribution is 0.236. The molecule has 0 amide bonds. The van der Waals surface area contributed by atoms with E-state index in [4.69, 9.17) is 10.9 Å². The molecule has 0 saturated carbocycles. The van der Waals surface area contributed by atoms with Crippen molar-refractivity contribution in [1.82, 2.24) is 15.4 Å². The van der Waals surface area contributed by atoms with E-state index in [0.717, 1.165) is 23.1 Å². The second-order valence-corrected chi connectivity index (χ2v) is 6.67.